The van der Waals surface area contributed by atoms with Gasteiger partial charge in [-0.2, -0.15) is 0 Å². The molecule has 0 bridgehead atoms. The van der Waals surface area contributed by atoms with Crippen LogP contribution in [-0.4, -0.2) is 18.2 Å². The molecule has 3 rings (SSSR count). The highest BCUT2D eigenvalue weighted by molar-refractivity contribution is 5.93. The normalized spacial score (nSPS) is 10.5. The van der Waals surface area contributed by atoms with Gasteiger partial charge in [0, 0.05) is 6.07 Å². The Kier molecular flexibility index (Phi) is 3.72. The van der Waals surface area contributed by atoms with Crippen molar-refractivity contribution in [3.63, 3.8) is 0 Å². The summed E-state index contributed by atoms with van der Waals surface area (Å²) in [6, 6.07) is 12.4. The molecule has 0 saturated heterocycles. The van der Waals surface area contributed by atoms with Crippen molar-refractivity contribution in [3.05, 3.63) is 64.5 Å². The minimum Gasteiger partial charge on any atom is -0.508 e. The molecule has 0 aliphatic heterocycles. The molecule has 0 unspecified atom stereocenters. The van der Waals surface area contributed by atoms with Crippen molar-refractivity contribution in [3.8, 4) is 17.2 Å². The minimum atomic E-state index is -0.871. The van der Waals surface area contributed by atoms with Crippen molar-refractivity contribution in [2.75, 3.05) is 7.11 Å². The number of esters is 1. The van der Waals surface area contributed by atoms with E-state index in [1.54, 1.807) is 30.3 Å². The summed E-state index contributed by atoms with van der Waals surface area (Å²) in [6.07, 6.45) is 0. The predicted octanol–water partition coefficient (Wildman–Crippen LogP) is 2.73. The first-order chi connectivity index (χ1) is 11.1. The Morgan fingerprint density at radius 1 is 1.09 bits per heavy atom. The predicted molar refractivity (Wildman–Crippen MR) is 82.1 cm³/mol. The lowest BCUT2D eigenvalue weighted by molar-refractivity contribution is 0.0723. The average Bonchev–Trinajstić information content (AvgIpc) is 2.56. The number of benzene rings is 2. The van der Waals surface area contributed by atoms with Crippen LogP contribution >= 0.6 is 0 Å². The van der Waals surface area contributed by atoms with Crippen molar-refractivity contribution >= 4 is 16.9 Å². The first kappa shape index (κ1) is 14.6. The fraction of sp³-hybridized carbons (Fsp3) is 0.0588. The summed E-state index contributed by atoms with van der Waals surface area (Å²) in [7, 11) is 1.35. The number of phenols is 1. The molecular formula is C17H12O6. The highest BCUT2D eigenvalue weighted by Gasteiger charge is 2.21. The van der Waals surface area contributed by atoms with Gasteiger partial charge in [-0.1, -0.05) is 18.2 Å². The molecule has 2 aromatic carbocycles. The molecule has 0 amide bonds. The van der Waals surface area contributed by atoms with Gasteiger partial charge in [-0.05, 0) is 24.3 Å². The number of hydrogen-bond acceptors (Lipinski definition) is 6. The van der Waals surface area contributed by atoms with E-state index in [9.17, 15) is 14.7 Å². The minimum absolute atomic E-state index is 0.0586. The van der Waals surface area contributed by atoms with Gasteiger partial charge in [0.05, 0.1) is 18.1 Å². The van der Waals surface area contributed by atoms with E-state index in [1.165, 1.54) is 25.3 Å². The maximum absolute atomic E-state index is 12.1. The molecule has 116 valence electrons. The molecule has 0 saturated carbocycles. The summed E-state index contributed by atoms with van der Waals surface area (Å²) in [5.41, 5.74) is -0.449. The third kappa shape index (κ3) is 2.74. The first-order valence-electron chi connectivity index (χ1n) is 6.71. The number of carbonyl (C=O) groups is 1. The van der Waals surface area contributed by atoms with Crippen LogP contribution < -0.4 is 15.1 Å². The summed E-state index contributed by atoms with van der Waals surface area (Å²) in [5, 5.41) is 9.86. The quantitative estimate of drug-likeness (QED) is 0.591. The number of methoxy groups -OCH3 is 1. The number of aromatic hydroxyl groups is 1. The highest BCUT2D eigenvalue weighted by atomic mass is 16.6. The Labute approximate surface area is 130 Å². The number of hydrogen-bond donors (Lipinski definition) is 1. The van der Waals surface area contributed by atoms with E-state index < -0.39 is 11.6 Å². The van der Waals surface area contributed by atoms with E-state index in [1.807, 2.05) is 0 Å². The molecule has 0 atom stereocenters. The second-order valence-electron chi connectivity index (χ2n) is 4.69. The topological polar surface area (TPSA) is 86.0 Å². The van der Waals surface area contributed by atoms with Gasteiger partial charge in [0.2, 0.25) is 0 Å². The molecule has 3 aromatic rings. The van der Waals surface area contributed by atoms with Crippen LogP contribution in [0, 0.1) is 0 Å². The SMILES string of the molecule is COc1c(OC(=O)c2ccccc2)c(=O)oc2cc(O)ccc12. The Hall–Kier alpha value is -3.28. The maximum Gasteiger partial charge on any atom is 0.383 e. The molecule has 1 aromatic heterocycles. The van der Waals surface area contributed by atoms with Crippen molar-refractivity contribution in [2.45, 2.75) is 0 Å². The molecule has 0 spiro atoms. The lowest BCUT2D eigenvalue weighted by Gasteiger charge is -2.10. The van der Waals surface area contributed by atoms with Gasteiger partial charge in [-0.25, -0.2) is 9.59 Å². The van der Waals surface area contributed by atoms with Crippen LogP contribution in [0.1, 0.15) is 10.4 Å². The van der Waals surface area contributed by atoms with E-state index in [0.717, 1.165) is 0 Å². The van der Waals surface area contributed by atoms with Crippen LogP contribution in [0.3, 0.4) is 0 Å². The lowest BCUT2D eigenvalue weighted by atomic mass is 10.2. The third-order valence-corrected chi connectivity index (χ3v) is 3.21. The number of ether oxygens (including phenoxy) is 2. The number of carbonyl (C=O) groups excluding carboxylic acids is 1. The van der Waals surface area contributed by atoms with E-state index in [-0.39, 0.29) is 22.8 Å². The summed E-state index contributed by atoms with van der Waals surface area (Å²) in [6.45, 7) is 0. The lowest BCUT2D eigenvalue weighted by Crippen LogP contribution is -2.15. The summed E-state index contributed by atoms with van der Waals surface area (Å²) >= 11 is 0. The van der Waals surface area contributed by atoms with Gasteiger partial charge in [0.1, 0.15) is 11.3 Å². The molecule has 0 aliphatic rings. The highest BCUT2D eigenvalue weighted by Crippen LogP contribution is 2.34. The molecule has 0 radical (unpaired) electrons. The molecule has 0 aliphatic carbocycles. The van der Waals surface area contributed by atoms with Crippen LogP contribution in [-0.2, 0) is 0 Å². The van der Waals surface area contributed by atoms with Crippen molar-refractivity contribution in [1.29, 1.82) is 0 Å². The third-order valence-electron chi connectivity index (χ3n) is 3.21. The fourth-order valence-electron chi connectivity index (χ4n) is 2.16. The van der Waals surface area contributed by atoms with E-state index in [4.69, 9.17) is 13.9 Å². The van der Waals surface area contributed by atoms with Crippen molar-refractivity contribution in [1.82, 2.24) is 0 Å². The molecular weight excluding hydrogens is 300 g/mol. The second kappa shape index (κ2) is 5.84. The van der Waals surface area contributed by atoms with Gasteiger partial charge in [0.15, 0.2) is 5.75 Å². The average molecular weight is 312 g/mol. The molecule has 1 N–H and O–H groups in total. The van der Waals surface area contributed by atoms with E-state index >= 15 is 0 Å². The zero-order chi connectivity index (χ0) is 16.4. The van der Waals surface area contributed by atoms with E-state index in [2.05, 4.69) is 0 Å². The van der Waals surface area contributed by atoms with Gasteiger partial charge in [0.25, 0.3) is 5.75 Å². The molecule has 0 fully saturated rings. The Balaban J connectivity index is 2.10. The van der Waals surface area contributed by atoms with Crippen LogP contribution in [0.2, 0.25) is 0 Å². The number of phenolic OH excluding ortho intramolecular Hbond substituents is 1. The smallest absolute Gasteiger partial charge is 0.383 e. The van der Waals surface area contributed by atoms with Crippen LogP contribution in [0.15, 0.2) is 57.7 Å². The fourth-order valence-corrected chi connectivity index (χ4v) is 2.16. The van der Waals surface area contributed by atoms with Gasteiger partial charge >= 0.3 is 11.6 Å². The monoisotopic (exact) mass is 312 g/mol. The first-order valence-corrected chi connectivity index (χ1v) is 6.71. The molecule has 6 nitrogen and oxygen atoms in total. The summed E-state index contributed by atoms with van der Waals surface area (Å²) < 4.78 is 15.4. The van der Waals surface area contributed by atoms with Crippen LogP contribution in [0.25, 0.3) is 11.0 Å². The van der Waals surface area contributed by atoms with Crippen molar-refractivity contribution in [2.24, 2.45) is 0 Å². The van der Waals surface area contributed by atoms with Gasteiger partial charge in [-0.15, -0.1) is 0 Å². The van der Waals surface area contributed by atoms with Gasteiger partial charge < -0.3 is 19.0 Å². The zero-order valence-corrected chi connectivity index (χ0v) is 12.1. The van der Waals surface area contributed by atoms with E-state index in [0.29, 0.717) is 10.9 Å². The zero-order valence-electron chi connectivity index (χ0n) is 12.1. The Bertz CT molecular complexity index is 927. The van der Waals surface area contributed by atoms with Gasteiger partial charge in [-0.3, -0.25) is 0 Å². The Morgan fingerprint density at radius 2 is 1.83 bits per heavy atom. The second-order valence-corrected chi connectivity index (χ2v) is 4.69. The Morgan fingerprint density at radius 3 is 2.52 bits per heavy atom. The molecule has 23 heavy (non-hydrogen) atoms. The molecule has 6 heteroatoms. The number of fused-ring (bicyclic) bond motifs is 1. The van der Waals surface area contributed by atoms with Crippen LogP contribution in [0.5, 0.6) is 17.2 Å². The largest absolute Gasteiger partial charge is 0.508 e. The van der Waals surface area contributed by atoms with Crippen LogP contribution in [0.4, 0.5) is 0 Å². The molecule has 1 heterocycles. The maximum atomic E-state index is 12.1. The summed E-state index contributed by atoms with van der Waals surface area (Å²) in [5.74, 6) is -1.02. The van der Waals surface area contributed by atoms with Crippen molar-refractivity contribution < 1.29 is 23.8 Å². The summed E-state index contributed by atoms with van der Waals surface area (Å²) in [4.78, 5) is 24.2. The standard InChI is InChI=1S/C17H12O6/c1-21-14-12-8-7-11(18)9-13(12)22-17(20)15(14)23-16(19)10-5-3-2-4-6-10/h2-9,18H,1H3. The number of rotatable bonds is 3.